The average molecular weight is 816 g/mol. The van der Waals surface area contributed by atoms with Crippen molar-refractivity contribution in [2.24, 2.45) is 17.8 Å². The Balaban J connectivity index is 0.944. The Morgan fingerprint density at radius 2 is 1.10 bits per heavy atom. The Kier molecular flexibility index (Phi) is 8.38. The van der Waals surface area contributed by atoms with Crippen molar-refractivity contribution < 1.29 is 0 Å². The van der Waals surface area contributed by atoms with E-state index in [9.17, 15) is 0 Å². The molecule has 0 aliphatic heterocycles. The maximum atomic E-state index is 2.54. The molecule has 4 saturated carbocycles. The smallest absolute Gasteiger partial charge is 0.0711 e. The molecule has 0 radical (unpaired) electrons. The molecule has 4 bridgehead atoms. The Morgan fingerprint density at radius 1 is 0.492 bits per heavy atom. The molecule has 8 aliphatic carbocycles. The van der Waals surface area contributed by atoms with Crippen LogP contribution in [0.1, 0.15) is 111 Å². The summed E-state index contributed by atoms with van der Waals surface area (Å²) >= 11 is 0. The van der Waals surface area contributed by atoms with Gasteiger partial charge >= 0.3 is 0 Å². The van der Waals surface area contributed by atoms with Gasteiger partial charge in [-0.3, -0.25) is 0 Å². The van der Waals surface area contributed by atoms with Crippen LogP contribution in [0, 0.1) is 17.8 Å². The molecule has 0 amide bonds. The molecular formula is C62H57N. The topological polar surface area (TPSA) is 3.24 Å². The first-order chi connectivity index (χ1) is 30.9. The molecule has 14 rings (SSSR count). The molecule has 4 fully saturated rings. The summed E-state index contributed by atoms with van der Waals surface area (Å²) in [4.78, 5) is 2.54. The summed E-state index contributed by atoms with van der Waals surface area (Å²) in [6.07, 6.45) is 25.1. The quantitative estimate of drug-likeness (QED) is 0.155. The Labute approximate surface area is 374 Å². The van der Waals surface area contributed by atoms with E-state index in [1.807, 2.05) is 0 Å². The summed E-state index contributed by atoms with van der Waals surface area (Å²) in [5, 5.41) is 0. The van der Waals surface area contributed by atoms with Crippen LogP contribution < -0.4 is 4.90 Å². The first kappa shape index (κ1) is 37.6. The molecule has 1 nitrogen and oxygen atoms in total. The molecule has 310 valence electrons. The van der Waals surface area contributed by atoms with Crippen molar-refractivity contribution >= 4 is 22.6 Å². The van der Waals surface area contributed by atoms with Crippen molar-refractivity contribution in [1.29, 1.82) is 0 Å². The number of fused-ring (bicyclic) bond motifs is 5. The lowest BCUT2D eigenvalue weighted by Gasteiger charge is -2.57. The standard InChI is InChI=1S/C62H57N/c1-60(2)56-19-11-9-17-52(56)54-31-29-50(36-58(54)60)63(49-27-23-45(24-28-49)44-21-25-46(26-22-44)61-38-41-33-42(39-61)35-43(34-41)40-61)51-30-32-55-53-18-10-12-20-57(53)62(59(55)37-51,47-13-5-3-6-14-47)48-15-7-4-8-16-48/h3,5-7,9-10,12-18,20-32,36-37,41-43H,4,8,11,19,33-35,38-40H2,1-2H3. The van der Waals surface area contributed by atoms with Crippen molar-refractivity contribution in [1.82, 2.24) is 0 Å². The predicted molar refractivity (Wildman–Crippen MR) is 263 cm³/mol. The maximum absolute atomic E-state index is 2.54. The molecular weight excluding hydrogens is 759 g/mol. The average Bonchev–Trinajstić information content (AvgIpc) is 3.74. The summed E-state index contributed by atoms with van der Waals surface area (Å²) in [5.74, 6) is 2.87. The third-order valence-corrected chi connectivity index (χ3v) is 17.1. The minimum absolute atomic E-state index is 0.0227. The molecule has 0 saturated heterocycles. The van der Waals surface area contributed by atoms with Gasteiger partial charge in [-0.1, -0.05) is 153 Å². The highest BCUT2D eigenvalue weighted by Crippen LogP contribution is 2.62. The monoisotopic (exact) mass is 815 g/mol. The van der Waals surface area contributed by atoms with Crippen LogP contribution in [0.5, 0.6) is 0 Å². The van der Waals surface area contributed by atoms with Crippen LogP contribution in [0.15, 0.2) is 181 Å². The summed E-state index contributed by atoms with van der Waals surface area (Å²) in [5.41, 5.74) is 21.6. The van der Waals surface area contributed by atoms with Gasteiger partial charge in [0.15, 0.2) is 0 Å². The number of allylic oxidation sites excluding steroid dienone is 8. The molecule has 63 heavy (non-hydrogen) atoms. The highest BCUT2D eigenvalue weighted by Gasteiger charge is 2.52. The van der Waals surface area contributed by atoms with Crippen LogP contribution >= 0.6 is 0 Å². The second-order valence-corrected chi connectivity index (χ2v) is 20.9. The molecule has 1 heteroatoms. The number of hydrogen-bond donors (Lipinski definition) is 0. The van der Waals surface area contributed by atoms with E-state index in [2.05, 4.69) is 189 Å². The minimum Gasteiger partial charge on any atom is -0.310 e. The third kappa shape index (κ3) is 5.60. The van der Waals surface area contributed by atoms with E-state index in [0.29, 0.717) is 5.41 Å². The number of nitrogens with zero attached hydrogens (tertiary/aromatic N) is 1. The van der Waals surface area contributed by atoms with Crippen LogP contribution in [0.2, 0.25) is 0 Å². The number of hydrogen-bond acceptors (Lipinski definition) is 1. The van der Waals surface area contributed by atoms with Gasteiger partial charge in [0, 0.05) is 22.5 Å². The summed E-state index contributed by atoms with van der Waals surface area (Å²) < 4.78 is 0. The van der Waals surface area contributed by atoms with Crippen molar-refractivity contribution in [3.05, 3.63) is 214 Å². The maximum Gasteiger partial charge on any atom is 0.0711 e. The predicted octanol–water partition coefficient (Wildman–Crippen LogP) is 16.3. The van der Waals surface area contributed by atoms with E-state index in [1.54, 1.807) is 11.1 Å². The number of anilines is 3. The van der Waals surface area contributed by atoms with E-state index in [1.165, 1.54) is 117 Å². The molecule has 0 N–H and O–H groups in total. The van der Waals surface area contributed by atoms with Gasteiger partial charge < -0.3 is 4.90 Å². The van der Waals surface area contributed by atoms with Crippen molar-refractivity contribution in [2.45, 2.75) is 94.3 Å². The Bertz CT molecular complexity index is 2900. The zero-order valence-electron chi connectivity index (χ0n) is 36.9. The van der Waals surface area contributed by atoms with Crippen molar-refractivity contribution in [2.75, 3.05) is 4.90 Å². The third-order valence-electron chi connectivity index (χ3n) is 17.1. The Morgan fingerprint density at radius 3 is 1.79 bits per heavy atom. The lowest BCUT2D eigenvalue weighted by molar-refractivity contribution is -0.00518. The lowest BCUT2D eigenvalue weighted by Crippen LogP contribution is -2.48. The van der Waals surface area contributed by atoms with Crippen LogP contribution in [-0.2, 0) is 16.2 Å². The number of benzene rings is 6. The summed E-state index contributed by atoms with van der Waals surface area (Å²) in [7, 11) is 0. The zero-order chi connectivity index (χ0) is 41.9. The minimum atomic E-state index is -0.423. The van der Waals surface area contributed by atoms with E-state index in [4.69, 9.17) is 0 Å². The van der Waals surface area contributed by atoms with E-state index in [0.717, 1.165) is 43.4 Å². The van der Waals surface area contributed by atoms with E-state index < -0.39 is 5.41 Å². The van der Waals surface area contributed by atoms with Gasteiger partial charge in [0.1, 0.15) is 0 Å². The van der Waals surface area contributed by atoms with Crippen molar-refractivity contribution in [3.63, 3.8) is 0 Å². The summed E-state index contributed by atoms with van der Waals surface area (Å²) in [6.45, 7) is 4.88. The van der Waals surface area contributed by atoms with Crippen LogP contribution in [0.25, 0.3) is 27.8 Å². The molecule has 0 spiro atoms. The lowest BCUT2D eigenvalue weighted by atomic mass is 9.48. The SMILES string of the molecule is CC1(C)C2=C(C=CCC2)c2ccc(N(c3ccc(-c4ccc(C56CC7CC(CC(C7)C5)C6)cc4)cc3)c3ccc4c(c3)C(C3=CCCC=C3)(c3ccccc3)c3ccccc3-4)cc21. The molecule has 0 heterocycles. The van der Waals surface area contributed by atoms with Crippen LogP contribution in [-0.4, -0.2) is 0 Å². The van der Waals surface area contributed by atoms with Gasteiger partial charge in [-0.05, 0) is 191 Å². The van der Waals surface area contributed by atoms with E-state index in [-0.39, 0.29) is 5.41 Å². The first-order valence-corrected chi connectivity index (χ1v) is 24.1. The fourth-order valence-electron chi connectivity index (χ4n) is 14.7. The van der Waals surface area contributed by atoms with Crippen LogP contribution in [0.4, 0.5) is 17.1 Å². The Hall–Kier alpha value is -5.92. The van der Waals surface area contributed by atoms with Gasteiger partial charge in [-0.25, -0.2) is 0 Å². The number of rotatable bonds is 7. The van der Waals surface area contributed by atoms with Crippen molar-refractivity contribution in [3.8, 4) is 22.3 Å². The zero-order valence-corrected chi connectivity index (χ0v) is 36.9. The normalized spacial score (nSPS) is 26.6. The molecule has 0 aromatic heterocycles. The van der Waals surface area contributed by atoms with Gasteiger partial charge in [0.2, 0.25) is 0 Å². The molecule has 1 unspecified atom stereocenters. The second-order valence-electron chi connectivity index (χ2n) is 20.9. The molecule has 6 aromatic rings. The van der Waals surface area contributed by atoms with Gasteiger partial charge in [0.05, 0.1) is 5.41 Å². The molecule has 8 aliphatic rings. The first-order valence-electron chi connectivity index (χ1n) is 24.1. The summed E-state index contributed by atoms with van der Waals surface area (Å²) in [6, 6.07) is 54.3. The van der Waals surface area contributed by atoms with Gasteiger partial charge in [0.25, 0.3) is 0 Å². The van der Waals surface area contributed by atoms with E-state index >= 15 is 0 Å². The second kappa shape index (κ2) is 14.0. The molecule has 1 atom stereocenters. The highest BCUT2D eigenvalue weighted by molar-refractivity contribution is 5.92. The highest BCUT2D eigenvalue weighted by atomic mass is 15.1. The van der Waals surface area contributed by atoms with Gasteiger partial charge in [-0.15, -0.1) is 0 Å². The van der Waals surface area contributed by atoms with Crippen LogP contribution in [0.3, 0.4) is 0 Å². The molecule has 6 aromatic carbocycles. The van der Waals surface area contributed by atoms with Gasteiger partial charge in [-0.2, -0.15) is 0 Å². The fourth-order valence-corrected chi connectivity index (χ4v) is 14.7. The fraction of sp³-hybridized carbons (Fsp3) is 0.290. The largest absolute Gasteiger partial charge is 0.310 e.